The van der Waals surface area contributed by atoms with Gasteiger partial charge in [0.2, 0.25) is 10.5 Å². The van der Waals surface area contributed by atoms with Gasteiger partial charge in [-0.25, -0.2) is 0 Å². The van der Waals surface area contributed by atoms with Crippen LogP contribution in [0.5, 0.6) is 0 Å². The van der Waals surface area contributed by atoms with E-state index in [9.17, 15) is 9.59 Å². The average Bonchev–Trinajstić information content (AvgIpc) is 2.01. The van der Waals surface area contributed by atoms with E-state index in [2.05, 4.69) is 0 Å². The normalized spacial score (nSPS) is 10.0. The first-order chi connectivity index (χ1) is 6.13. The van der Waals surface area contributed by atoms with Crippen LogP contribution in [0.15, 0.2) is 0 Å². The van der Waals surface area contributed by atoms with Gasteiger partial charge < -0.3 is 0 Å². The third kappa shape index (κ3) is 12.6. The molecular weight excluding hydrogens is 251 g/mol. The molecule has 2 nitrogen and oxygen atoms in total. The highest BCUT2D eigenvalue weighted by Gasteiger charge is 1.98. The molecule has 6 heteroatoms. The number of rotatable bonds is 8. The molecule has 0 unspecified atom stereocenters. The number of halogens is 2. The maximum Gasteiger partial charge on any atom is 0.222 e. The van der Waals surface area contributed by atoms with Gasteiger partial charge in [0.25, 0.3) is 0 Å². The lowest BCUT2D eigenvalue weighted by Gasteiger charge is -1.98. The molecule has 0 atom stereocenters. The van der Waals surface area contributed by atoms with Crippen LogP contribution >= 0.6 is 46.7 Å². The zero-order valence-electron chi connectivity index (χ0n) is 6.92. The highest BCUT2D eigenvalue weighted by molar-refractivity contribution is 8.15. The molecule has 0 aromatic carbocycles. The maximum atomic E-state index is 10.3. The number of thioether (sulfide) groups is 2. The Morgan fingerprint density at radius 1 is 0.923 bits per heavy atom. The second kappa shape index (κ2) is 9.19. The molecule has 0 saturated heterocycles. The largest absolute Gasteiger partial charge is 0.281 e. The van der Waals surface area contributed by atoms with Crippen LogP contribution < -0.4 is 0 Å². The van der Waals surface area contributed by atoms with Crippen molar-refractivity contribution < 1.29 is 9.59 Å². The zero-order valence-corrected chi connectivity index (χ0v) is 10.1. The summed E-state index contributed by atoms with van der Waals surface area (Å²) >= 11 is 13.5. The zero-order chi connectivity index (χ0) is 10.1. The van der Waals surface area contributed by atoms with Gasteiger partial charge in [0.05, 0.1) is 0 Å². The SMILES string of the molecule is O=C(Cl)CCSCSCCC(=O)Cl. The van der Waals surface area contributed by atoms with E-state index in [1.807, 2.05) is 0 Å². The fourth-order valence-electron chi connectivity index (χ4n) is 0.482. The predicted molar refractivity (Wildman–Crippen MR) is 60.7 cm³/mol. The molecule has 0 heterocycles. The second-order valence-corrected chi connectivity index (χ2v) is 5.56. The summed E-state index contributed by atoms with van der Waals surface area (Å²) in [5.74, 6) is 1.48. The lowest BCUT2D eigenvalue weighted by molar-refractivity contribution is -0.112. The van der Waals surface area contributed by atoms with Crippen molar-refractivity contribution in [1.82, 2.24) is 0 Å². The predicted octanol–water partition coefficient (Wildman–Crippen LogP) is 2.72. The van der Waals surface area contributed by atoms with Crippen LogP contribution in [0.1, 0.15) is 12.8 Å². The van der Waals surface area contributed by atoms with E-state index in [4.69, 9.17) is 23.2 Å². The van der Waals surface area contributed by atoms with Crippen molar-refractivity contribution in [2.45, 2.75) is 12.8 Å². The fraction of sp³-hybridized carbons (Fsp3) is 0.714. The molecule has 0 aliphatic carbocycles. The Balaban J connectivity index is 3.00. The molecule has 0 aromatic rings. The van der Waals surface area contributed by atoms with Crippen LogP contribution in [-0.2, 0) is 9.59 Å². The summed E-state index contributed by atoms with van der Waals surface area (Å²) in [4.78, 5) is 20.6. The Hall–Kier alpha value is 0.620. The summed E-state index contributed by atoms with van der Waals surface area (Å²) in [6.45, 7) is 0. The molecule has 0 N–H and O–H groups in total. The molecule has 0 aliphatic heterocycles. The summed E-state index contributed by atoms with van der Waals surface area (Å²) in [5.41, 5.74) is 0. The van der Waals surface area contributed by atoms with Crippen molar-refractivity contribution in [2.75, 3.05) is 16.6 Å². The average molecular weight is 261 g/mol. The van der Waals surface area contributed by atoms with Gasteiger partial charge in [-0.1, -0.05) is 0 Å². The summed E-state index contributed by atoms with van der Waals surface area (Å²) in [6, 6.07) is 0. The van der Waals surface area contributed by atoms with Crippen LogP contribution in [-0.4, -0.2) is 27.1 Å². The summed E-state index contributed by atoms with van der Waals surface area (Å²) in [5, 5.41) is 0.274. The number of carbonyl (C=O) groups excluding carboxylic acids is 2. The molecule has 0 aliphatic rings. The number of hydrogen-bond acceptors (Lipinski definition) is 4. The number of hydrogen-bond donors (Lipinski definition) is 0. The van der Waals surface area contributed by atoms with Crippen LogP contribution in [0.25, 0.3) is 0 Å². The van der Waals surface area contributed by atoms with Gasteiger partial charge in [0.15, 0.2) is 0 Å². The first-order valence-corrected chi connectivity index (χ1v) is 6.71. The summed E-state index contributed by atoms with van der Waals surface area (Å²) < 4.78 is 0. The lowest BCUT2D eigenvalue weighted by Crippen LogP contribution is -1.91. The molecule has 0 bridgehead atoms. The third-order valence-electron chi connectivity index (χ3n) is 1.05. The van der Waals surface area contributed by atoms with Gasteiger partial charge in [0, 0.05) is 29.4 Å². The topological polar surface area (TPSA) is 34.1 Å². The molecule has 76 valence electrons. The third-order valence-corrected chi connectivity index (χ3v) is 3.75. The molecule has 0 rings (SSSR count). The second-order valence-electron chi connectivity index (χ2n) is 2.14. The lowest BCUT2D eigenvalue weighted by atomic mass is 10.6. The van der Waals surface area contributed by atoms with E-state index in [1.165, 1.54) is 0 Å². The summed E-state index contributed by atoms with van der Waals surface area (Å²) in [7, 11) is 0. The standard InChI is InChI=1S/C7H10Cl2O2S2/c8-6(10)1-3-12-5-13-4-2-7(9)11/h1-5H2. The molecule has 0 saturated carbocycles. The van der Waals surface area contributed by atoms with E-state index in [1.54, 1.807) is 23.5 Å². The molecule has 0 spiro atoms. The Kier molecular flexibility index (Phi) is 9.62. The van der Waals surface area contributed by atoms with Gasteiger partial charge in [-0.3, -0.25) is 9.59 Å². The van der Waals surface area contributed by atoms with Crippen molar-refractivity contribution >= 4 is 57.2 Å². The van der Waals surface area contributed by atoms with Crippen LogP contribution in [0.3, 0.4) is 0 Å². The van der Waals surface area contributed by atoms with E-state index < -0.39 is 0 Å². The van der Waals surface area contributed by atoms with Crippen molar-refractivity contribution in [3.05, 3.63) is 0 Å². The molecule has 0 amide bonds. The van der Waals surface area contributed by atoms with Gasteiger partial charge in [-0.05, 0) is 23.2 Å². The van der Waals surface area contributed by atoms with Crippen molar-refractivity contribution in [1.29, 1.82) is 0 Å². The monoisotopic (exact) mass is 260 g/mol. The Bertz CT molecular complexity index is 158. The minimum Gasteiger partial charge on any atom is -0.281 e. The first kappa shape index (κ1) is 13.6. The van der Waals surface area contributed by atoms with Gasteiger partial charge in [-0.2, -0.15) is 23.5 Å². The fourth-order valence-corrected chi connectivity index (χ4v) is 2.97. The first-order valence-electron chi connectivity index (χ1n) is 3.65. The van der Waals surface area contributed by atoms with Gasteiger partial charge in [0.1, 0.15) is 0 Å². The highest BCUT2D eigenvalue weighted by atomic mass is 35.5. The smallest absolute Gasteiger partial charge is 0.222 e. The van der Waals surface area contributed by atoms with Crippen LogP contribution in [0, 0.1) is 0 Å². The molecule has 0 aromatic heterocycles. The van der Waals surface area contributed by atoms with Crippen molar-refractivity contribution in [2.24, 2.45) is 0 Å². The van der Waals surface area contributed by atoms with Gasteiger partial charge >= 0.3 is 0 Å². The Morgan fingerprint density at radius 2 is 1.31 bits per heavy atom. The number of carbonyl (C=O) groups is 2. The Labute approximate surface area is 96.1 Å². The van der Waals surface area contributed by atoms with E-state index >= 15 is 0 Å². The van der Waals surface area contributed by atoms with Crippen molar-refractivity contribution in [3.63, 3.8) is 0 Å². The molecule has 13 heavy (non-hydrogen) atoms. The molecule has 0 radical (unpaired) electrons. The van der Waals surface area contributed by atoms with Gasteiger partial charge in [-0.15, -0.1) is 0 Å². The minimum atomic E-state index is -0.298. The van der Waals surface area contributed by atoms with Crippen LogP contribution in [0.2, 0.25) is 0 Å². The Morgan fingerprint density at radius 3 is 1.62 bits per heavy atom. The highest BCUT2D eigenvalue weighted by Crippen LogP contribution is 2.14. The van der Waals surface area contributed by atoms with Crippen molar-refractivity contribution in [3.8, 4) is 0 Å². The molecule has 0 fully saturated rings. The molecular formula is C7H10Cl2O2S2. The van der Waals surface area contributed by atoms with Crippen LogP contribution in [0.4, 0.5) is 0 Å². The quantitative estimate of drug-likeness (QED) is 0.382. The van der Waals surface area contributed by atoms with E-state index in [0.29, 0.717) is 12.8 Å². The van der Waals surface area contributed by atoms with E-state index in [0.717, 1.165) is 16.6 Å². The maximum absolute atomic E-state index is 10.3. The summed E-state index contributed by atoms with van der Waals surface area (Å²) in [6.07, 6.45) is 0.808. The minimum absolute atomic E-state index is 0.298. The van der Waals surface area contributed by atoms with E-state index in [-0.39, 0.29) is 10.5 Å².